The average Bonchev–Trinajstić information content (AvgIpc) is 3.68. The summed E-state index contributed by atoms with van der Waals surface area (Å²) in [4.78, 5) is 30.0. The highest BCUT2D eigenvalue weighted by Gasteiger charge is 2.33. The van der Waals surface area contributed by atoms with Gasteiger partial charge in [0.15, 0.2) is 11.6 Å². The third kappa shape index (κ3) is 4.09. The number of nitrogens with two attached hydrogens (primary N) is 1. The zero-order valence-electron chi connectivity index (χ0n) is 19.8. The molecule has 9 nitrogen and oxygen atoms in total. The number of amidine groups is 1. The molecular weight excluding hydrogens is 426 g/mol. The Morgan fingerprint density at radius 2 is 2.00 bits per heavy atom. The smallest absolute Gasteiger partial charge is 0.165 e. The Morgan fingerprint density at radius 1 is 1.18 bits per heavy atom. The molecule has 0 unspecified atom stereocenters. The number of nitrogens with one attached hydrogen (secondary N) is 1. The van der Waals surface area contributed by atoms with Crippen molar-refractivity contribution in [1.29, 1.82) is 0 Å². The number of fused-ring (bicyclic) bond motifs is 1. The first-order valence-corrected chi connectivity index (χ1v) is 11.7. The molecule has 0 radical (unpaired) electrons. The summed E-state index contributed by atoms with van der Waals surface area (Å²) in [5.74, 6) is 2.58. The van der Waals surface area contributed by atoms with Crippen LogP contribution in [0.3, 0.4) is 0 Å². The third-order valence-corrected chi connectivity index (χ3v) is 6.05. The van der Waals surface area contributed by atoms with Crippen LogP contribution in [0, 0.1) is 0 Å². The van der Waals surface area contributed by atoms with Gasteiger partial charge in [0.05, 0.1) is 53.0 Å². The lowest BCUT2D eigenvalue weighted by atomic mass is 10.1. The molecule has 9 heteroatoms. The highest BCUT2D eigenvalue weighted by Crippen LogP contribution is 2.44. The van der Waals surface area contributed by atoms with Gasteiger partial charge in [0.25, 0.3) is 0 Å². The van der Waals surface area contributed by atoms with Gasteiger partial charge in [-0.2, -0.15) is 0 Å². The highest BCUT2D eigenvalue weighted by molar-refractivity contribution is 6.14. The van der Waals surface area contributed by atoms with Crippen molar-refractivity contribution < 1.29 is 0 Å². The van der Waals surface area contributed by atoms with Gasteiger partial charge in [0.1, 0.15) is 17.9 Å². The molecule has 0 spiro atoms. The molecule has 34 heavy (non-hydrogen) atoms. The fourth-order valence-corrected chi connectivity index (χ4v) is 4.20. The van der Waals surface area contributed by atoms with Crippen LogP contribution < -0.4 is 16.0 Å². The molecule has 0 atom stereocenters. The van der Waals surface area contributed by atoms with Crippen LogP contribution in [-0.2, 0) is 13.0 Å². The van der Waals surface area contributed by atoms with Gasteiger partial charge in [-0.3, -0.25) is 9.98 Å². The second-order valence-electron chi connectivity index (χ2n) is 8.92. The lowest BCUT2D eigenvalue weighted by Gasteiger charge is -2.36. The molecule has 1 aliphatic carbocycles. The predicted octanol–water partition coefficient (Wildman–Crippen LogP) is 4.10. The Labute approximate surface area is 199 Å². The van der Waals surface area contributed by atoms with Crippen LogP contribution in [0.25, 0.3) is 11.4 Å². The van der Waals surface area contributed by atoms with Crippen molar-refractivity contribution in [3.05, 3.63) is 60.2 Å². The van der Waals surface area contributed by atoms with Gasteiger partial charge in [-0.1, -0.05) is 13.5 Å². The SMILES string of the molecule is C=C1C(=NCc2ccc(N)cn2)Nc2cnc(-c3c(CC)ncnc3C3CC3)nc2N1C(C)C. The zero-order valence-corrected chi connectivity index (χ0v) is 19.8. The van der Waals surface area contributed by atoms with Crippen LogP contribution in [0.5, 0.6) is 0 Å². The van der Waals surface area contributed by atoms with E-state index < -0.39 is 0 Å². The van der Waals surface area contributed by atoms with E-state index >= 15 is 0 Å². The van der Waals surface area contributed by atoms with Gasteiger partial charge in [-0.05, 0) is 45.2 Å². The Morgan fingerprint density at radius 3 is 2.68 bits per heavy atom. The summed E-state index contributed by atoms with van der Waals surface area (Å²) < 4.78 is 0. The van der Waals surface area contributed by atoms with Crippen molar-refractivity contribution in [2.45, 2.75) is 58.5 Å². The Hall–Kier alpha value is -3.88. The van der Waals surface area contributed by atoms with E-state index in [1.165, 1.54) is 0 Å². The molecule has 0 aromatic carbocycles. The number of rotatable bonds is 6. The van der Waals surface area contributed by atoms with Gasteiger partial charge < -0.3 is 16.0 Å². The molecule has 5 rings (SSSR count). The monoisotopic (exact) mass is 455 g/mol. The number of anilines is 3. The number of nitrogens with zero attached hydrogens (tertiary/aromatic N) is 7. The van der Waals surface area contributed by atoms with E-state index in [9.17, 15) is 0 Å². The summed E-state index contributed by atoms with van der Waals surface area (Å²) in [6.07, 6.45) is 8.22. The Kier molecular flexibility index (Phi) is 5.69. The lowest BCUT2D eigenvalue weighted by Crippen LogP contribution is -2.40. The third-order valence-electron chi connectivity index (χ3n) is 6.05. The minimum absolute atomic E-state index is 0.122. The first-order valence-electron chi connectivity index (χ1n) is 11.7. The number of pyridine rings is 1. The molecule has 2 aliphatic rings. The van der Waals surface area contributed by atoms with E-state index in [0.717, 1.165) is 59.1 Å². The quantitative estimate of drug-likeness (QED) is 0.570. The first-order chi connectivity index (χ1) is 16.5. The Bertz CT molecular complexity index is 1260. The van der Waals surface area contributed by atoms with Gasteiger partial charge in [-0.15, -0.1) is 0 Å². The summed E-state index contributed by atoms with van der Waals surface area (Å²) in [6.45, 7) is 11.1. The summed E-state index contributed by atoms with van der Waals surface area (Å²) in [6, 6.07) is 3.82. The molecule has 0 amide bonds. The van der Waals surface area contributed by atoms with Crippen LogP contribution in [0.2, 0.25) is 0 Å². The second kappa shape index (κ2) is 8.81. The zero-order chi connectivity index (χ0) is 23.8. The van der Waals surface area contributed by atoms with Crippen LogP contribution in [0.1, 0.15) is 56.6 Å². The van der Waals surface area contributed by atoms with Crippen molar-refractivity contribution >= 4 is 23.0 Å². The van der Waals surface area contributed by atoms with Crippen LogP contribution in [0.4, 0.5) is 17.2 Å². The maximum atomic E-state index is 5.74. The summed E-state index contributed by atoms with van der Waals surface area (Å²) >= 11 is 0. The van der Waals surface area contributed by atoms with Crippen LogP contribution >= 0.6 is 0 Å². The molecule has 4 heterocycles. The molecule has 3 aromatic rings. The molecule has 1 fully saturated rings. The molecule has 3 N–H and O–H groups in total. The average molecular weight is 456 g/mol. The molecule has 0 bridgehead atoms. The number of aliphatic imine (C=N–C) groups is 1. The topological polar surface area (TPSA) is 118 Å². The van der Waals surface area contributed by atoms with Crippen LogP contribution in [0.15, 0.2) is 48.1 Å². The molecule has 1 aliphatic heterocycles. The van der Waals surface area contributed by atoms with Crippen molar-refractivity contribution in [2.24, 2.45) is 4.99 Å². The number of aromatic nitrogens is 5. The number of hydrogen-bond donors (Lipinski definition) is 2. The second-order valence-corrected chi connectivity index (χ2v) is 8.92. The van der Waals surface area contributed by atoms with Crippen molar-refractivity contribution in [3.63, 3.8) is 0 Å². The maximum Gasteiger partial charge on any atom is 0.165 e. The van der Waals surface area contributed by atoms with E-state index in [1.54, 1.807) is 12.5 Å². The summed E-state index contributed by atoms with van der Waals surface area (Å²) in [5.41, 5.74) is 11.8. The fraction of sp³-hybridized carbons (Fsp3) is 0.360. The molecule has 3 aromatic heterocycles. The summed E-state index contributed by atoms with van der Waals surface area (Å²) in [7, 11) is 0. The van der Waals surface area contributed by atoms with E-state index in [2.05, 4.69) is 52.5 Å². The van der Waals surface area contributed by atoms with E-state index in [-0.39, 0.29) is 6.04 Å². The largest absolute Gasteiger partial charge is 0.397 e. The normalized spacial score (nSPS) is 16.6. The lowest BCUT2D eigenvalue weighted by molar-refractivity contribution is 0.753. The minimum Gasteiger partial charge on any atom is -0.397 e. The standard InChI is InChI=1S/C25H29N9/c1-5-19-21(22(16-6-7-16)31-13-30-19)24-29-12-20-25(33-24)34(14(2)3)15(4)23(32-20)28-11-18-9-8-17(26)10-27-18/h8-10,12-14,16H,4-7,11,26H2,1-3H3,(H,28,32). The van der Waals surface area contributed by atoms with E-state index in [4.69, 9.17) is 20.7 Å². The van der Waals surface area contributed by atoms with Crippen molar-refractivity contribution in [2.75, 3.05) is 16.0 Å². The fourth-order valence-electron chi connectivity index (χ4n) is 4.20. The molecule has 174 valence electrons. The van der Waals surface area contributed by atoms with Gasteiger partial charge in [-0.25, -0.2) is 19.9 Å². The predicted molar refractivity (Wildman–Crippen MR) is 135 cm³/mol. The van der Waals surface area contributed by atoms with Gasteiger partial charge >= 0.3 is 0 Å². The molecular formula is C25H29N9. The highest BCUT2D eigenvalue weighted by atomic mass is 15.3. The van der Waals surface area contributed by atoms with Crippen molar-refractivity contribution in [1.82, 2.24) is 24.9 Å². The van der Waals surface area contributed by atoms with Crippen molar-refractivity contribution in [3.8, 4) is 11.4 Å². The Balaban J connectivity index is 1.53. The minimum atomic E-state index is 0.122. The van der Waals surface area contributed by atoms with Crippen LogP contribution in [-0.4, -0.2) is 36.8 Å². The summed E-state index contributed by atoms with van der Waals surface area (Å²) in [5, 5.41) is 3.37. The maximum absolute atomic E-state index is 5.74. The number of aryl methyl sites for hydroxylation is 1. The van der Waals surface area contributed by atoms with Gasteiger partial charge in [0.2, 0.25) is 0 Å². The van der Waals surface area contributed by atoms with E-state index in [0.29, 0.717) is 29.8 Å². The first kappa shape index (κ1) is 21.9. The molecule has 1 saturated carbocycles. The van der Waals surface area contributed by atoms with Gasteiger partial charge in [0, 0.05) is 12.0 Å². The van der Waals surface area contributed by atoms with E-state index in [1.807, 2.05) is 18.3 Å². The number of nitrogen functional groups attached to an aromatic ring is 1. The molecule has 0 saturated heterocycles. The number of hydrogen-bond acceptors (Lipinski definition) is 8.